The van der Waals surface area contributed by atoms with Gasteiger partial charge in [0.2, 0.25) is 0 Å². The number of carbonyl (C=O) groups is 1. The van der Waals surface area contributed by atoms with E-state index in [1.807, 2.05) is 11.0 Å². The number of hydrogen-bond acceptors (Lipinski definition) is 7. The van der Waals surface area contributed by atoms with Crippen molar-refractivity contribution in [1.82, 2.24) is 0 Å². The Kier molecular flexibility index (Phi) is 5.81. The van der Waals surface area contributed by atoms with Crippen LogP contribution in [0.25, 0.3) is 11.0 Å². The molecular formula is C26H28N2O5. The topological polar surface area (TPSA) is 72.2 Å². The number of hydrogen-bond donors (Lipinski definition) is 0. The number of carbonyl (C=O) groups excluding carboxylic acids is 1. The van der Waals surface area contributed by atoms with E-state index in [4.69, 9.17) is 13.9 Å². The van der Waals surface area contributed by atoms with Gasteiger partial charge in [0.1, 0.15) is 5.58 Å². The predicted molar refractivity (Wildman–Crippen MR) is 127 cm³/mol. The molecule has 7 nitrogen and oxygen atoms in total. The first-order chi connectivity index (χ1) is 16.0. The molecule has 2 aromatic carbocycles. The van der Waals surface area contributed by atoms with Gasteiger partial charge in [-0.2, -0.15) is 0 Å². The van der Waals surface area contributed by atoms with E-state index >= 15 is 0 Å². The minimum atomic E-state index is -0.463. The number of anilines is 2. The lowest BCUT2D eigenvalue weighted by atomic mass is 9.97. The lowest BCUT2D eigenvalue weighted by molar-refractivity contribution is 0.0600. The van der Waals surface area contributed by atoms with E-state index in [-0.39, 0.29) is 11.5 Å². The molecule has 2 aliphatic rings. The van der Waals surface area contributed by atoms with E-state index in [1.165, 1.54) is 18.7 Å². The first-order valence-electron chi connectivity index (χ1n) is 11.4. The predicted octanol–water partition coefficient (Wildman–Crippen LogP) is 4.07. The number of rotatable bonds is 4. The number of morpholine rings is 1. The molecule has 2 saturated heterocycles. The van der Waals surface area contributed by atoms with Crippen LogP contribution >= 0.6 is 0 Å². The van der Waals surface area contributed by atoms with Crippen LogP contribution in [0.5, 0.6) is 0 Å². The zero-order chi connectivity index (χ0) is 22.9. The van der Waals surface area contributed by atoms with Crippen molar-refractivity contribution in [2.24, 2.45) is 0 Å². The molecule has 1 aromatic heterocycles. The Morgan fingerprint density at radius 1 is 1.06 bits per heavy atom. The third-order valence-corrected chi connectivity index (χ3v) is 6.57. The molecule has 0 aliphatic carbocycles. The molecule has 0 radical (unpaired) electrons. The molecule has 0 spiro atoms. The van der Waals surface area contributed by atoms with Crippen LogP contribution < -0.4 is 15.2 Å². The monoisotopic (exact) mass is 448 g/mol. The van der Waals surface area contributed by atoms with Crippen molar-refractivity contribution in [3.05, 3.63) is 69.4 Å². The largest absolute Gasteiger partial charge is 0.465 e. The summed E-state index contributed by atoms with van der Waals surface area (Å²) in [5, 5.41) is 0.403. The third kappa shape index (κ3) is 4.09. The van der Waals surface area contributed by atoms with Gasteiger partial charge in [-0.1, -0.05) is 17.7 Å². The first-order valence-corrected chi connectivity index (χ1v) is 11.4. The molecule has 0 amide bonds. The summed E-state index contributed by atoms with van der Waals surface area (Å²) in [6.45, 7) is 5.50. The quantitative estimate of drug-likeness (QED) is 0.557. The second-order valence-electron chi connectivity index (χ2n) is 8.67. The highest BCUT2D eigenvalue weighted by molar-refractivity contribution is 5.95. The fraction of sp³-hybridized carbons (Fsp3) is 0.385. The molecule has 0 bridgehead atoms. The number of nitrogens with zero attached hydrogens (tertiary/aromatic N) is 2. The molecule has 172 valence electrons. The molecule has 2 fully saturated rings. The minimum absolute atomic E-state index is 0.0112. The SMILES string of the molecule is COC(=O)c1cc(C2CCCN2c2ccc(C)cc2)c2oc(N3CCOCC3)cc(=O)c2c1. The van der Waals surface area contributed by atoms with Gasteiger partial charge in [0.15, 0.2) is 11.3 Å². The van der Waals surface area contributed by atoms with Crippen LogP contribution in [0.3, 0.4) is 0 Å². The smallest absolute Gasteiger partial charge is 0.337 e. The second kappa shape index (κ2) is 8.90. The van der Waals surface area contributed by atoms with E-state index in [2.05, 4.69) is 36.1 Å². The third-order valence-electron chi connectivity index (χ3n) is 6.57. The highest BCUT2D eigenvalue weighted by atomic mass is 16.5. The Balaban J connectivity index is 1.67. The Bertz CT molecular complexity index is 1230. The minimum Gasteiger partial charge on any atom is -0.465 e. The summed E-state index contributed by atoms with van der Waals surface area (Å²) in [7, 11) is 1.35. The first kappa shape index (κ1) is 21.5. The highest BCUT2D eigenvalue weighted by Gasteiger charge is 2.30. The van der Waals surface area contributed by atoms with Crippen molar-refractivity contribution in [1.29, 1.82) is 0 Å². The van der Waals surface area contributed by atoms with Crippen molar-refractivity contribution in [3.63, 3.8) is 0 Å². The number of fused-ring (bicyclic) bond motifs is 1. The summed E-state index contributed by atoms with van der Waals surface area (Å²) in [6, 6.07) is 13.4. The van der Waals surface area contributed by atoms with Crippen LogP contribution in [0.15, 0.2) is 51.7 Å². The Hall–Kier alpha value is -3.32. The lowest BCUT2D eigenvalue weighted by Crippen LogP contribution is -2.36. The lowest BCUT2D eigenvalue weighted by Gasteiger charge is -2.29. The van der Waals surface area contributed by atoms with Gasteiger partial charge in [-0.3, -0.25) is 4.79 Å². The van der Waals surface area contributed by atoms with E-state index in [1.54, 1.807) is 6.07 Å². The zero-order valence-corrected chi connectivity index (χ0v) is 19.0. The van der Waals surface area contributed by atoms with Gasteiger partial charge in [-0.15, -0.1) is 0 Å². The normalized spacial score (nSPS) is 18.7. The molecule has 3 aromatic rings. The zero-order valence-electron chi connectivity index (χ0n) is 19.0. The number of methoxy groups -OCH3 is 1. The van der Waals surface area contributed by atoms with Crippen molar-refractivity contribution in [2.75, 3.05) is 49.8 Å². The van der Waals surface area contributed by atoms with Crippen molar-refractivity contribution < 1.29 is 18.7 Å². The molecular weight excluding hydrogens is 420 g/mol. The maximum absolute atomic E-state index is 13.2. The van der Waals surface area contributed by atoms with Crippen molar-refractivity contribution in [2.45, 2.75) is 25.8 Å². The van der Waals surface area contributed by atoms with Crippen LogP contribution in [0, 0.1) is 6.92 Å². The van der Waals surface area contributed by atoms with Gasteiger partial charge >= 0.3 is 5.97 Å². The molecule has 5 rings (SSSR count). The molecule has 3 heterocycles. The second-order valence-corrected chi connectivity index (χ2v) is 8.67. The Morgan fingerprint density at radius 2 is 1.82 bits per heavy atom. The molecule has 0 saturated carbocycles. The van der Waals surface area contributed by atoms with E-state index in [9.17, 15) is 9.59 Å². The number of benzene rings is 2. The fourth-order valence-corrected chi connectivity index (χ4v) is 4.83. The Labute approximate surface area is 192 Å². The van der Waals surface area contributed by atoms with Gasteiger partial charge < -0.3 is 23.7 Å². The standard InChI is InChI=1S/C26H28N2O5/c1-17-5-7-19(8-6-17)28-9-3-4-22(28)20-14-18(26(30)31-2)15-21-23(29)16-24(33-25(20)21)27-10-12-32-13-11-27/h5-8,14-16,22H,3-4,9-13H2,1-2H3. The number of aryl methyl sites for hydroxylation is 1. The molecule has 1 unspecified atom stereocenters. The Morgan fingerprint density at radius 3 is 2.55 bits per heavy atom. The van der Waals surface area contributed by atoms with Crippen LogP contribution in [0.2, 0.25) is 0 Å². The van der Waals surface area contributed by atoms with Gasteiger partial charge in [0.05, 0.1) is 37.3 Å². The van der Waals surface area contributed by atoms with Crippen LogP contribution in [0.4, 0.5) is 11.6 Å². The molecule has 1 atom stereocenters. The van der Waals surface area contributed by atoms with Crippen LogP contribution in [-0.4, -0.2) is 45.9 Å². The van der Waals surface area contributed by atoms with E-state index < -0.39 is 5.97 Å². The van der Waals surface area contributed by atoms with Gasteiger partial charge in [0.25, 0.3) is 0 Å². The molecule has 2 aliphatic heterocycles. The summed E-state index contributed by atoms with van der Waals surface area (Å²) in [4.78, 5) is 30.0. The maximum Gasteiger partial charge on any atom is 0.337 e. The van der Waals surface area contributed by atoms with Crippen LogP contribution in [-0.2, 0) is 9.47 Å². The average molecular weight is 449 g/mol. The number of esters is 1. The summed E-state index contributed by atoms with van der Waals surface area (Å²) < 4.78 is 16.8. The molecule has 7 heteroatoms. The van der Waals surface area contributed by atoms with E-state index in [0.717, 1.165) is 30.6 Å². The van der Waals surface area contributed by atoms with Crippen molar-refractivity contribution >= 4 is 28.5 Å². The maximum atomic E-state index is 13.2. The summed E-state index contributed by atoms with van der Waals surface area (Å²) in [5.41, 5.74) is 3.91. The van der Waals surface area contributed by atoms with Crippen molar-refractivity contribution in [3.8, 4) is 0 Å². The number of ether oxygens (including phenoxy) is 2. The van der Waals surface area contributed by atoms with Crippen LogP contribution in [0.1, 0.15) is 40.4 Å². The molecule has 33 heavy (non-hydrogen) atoms. The highest BCUT2D eigenvalue weighted by Crippen LogP contribution is 2.40. The van der Waals surface area contributed by atoms with E-state index in [0.29, 0.717) is 48.7 Å². The summed E-state index contributed by atoms with van der Waals surface area (Å²) in [6.07, 6.45) is 1.91. The average Bonchev–Trinajstić information content (AvgIpc) is 3.33. The van der Waals surface area contributed by atoms with Gasteiger partial charge in [-0.25, -0.2) is 4.79 Å². The summed E-state index contributed by atoms with van der Waals surface area (Å²) >= 11 is 0. The summed E-state index contributed by atoms with van der Waals surface area (Å²) in [5.74, 6) is 0.0810. The van der Waals surface area contributed by atoms with Gasteiger partial charge in [0, 0.05) is 37.0 Å². The van der Waals surface area contributed by atoms with Gasteiger partial charge in [-0.05, 0) is 44.0 Å². The molecule has 0 N–H and O–H groups in total. The fourth-order valence-electron chi connectivity index (χ4n) is 4.83.